The first kappa shape index (κ1) is 11.9. The van der Waals surface area contributed by atoms with Crippen molar-refractivity contribution in [2.75, 3.05) is 6.54 Å². The molecule has 2 N–H and O–H groups in total. The van der Waals surface area contributed by atoms with E-state index < -0.39 is 0 Å². The van der Waals surface area contributed by atoms with Crippen LogP contribution in [0, 0.1) is 5.92 Å². The van der Waals surface area contributed by atoms with Gasteiger partial charge >= 0.3 is 0 Å². The van der Waals surface area contributed by atoms with Gasteiger partial charge in [0.1, 0.15) is 0 Å². The van der Waals surface area contributed by atoms with E-state index in [0.717, 1.165) is 17.9 Å². The van der Waals surface area contributed by atoms with Crippen molar-refractivity contribution in [3.05, 3.63) is 34.9 Å². The van der Waals surface area contributed by atoms with Gasteiger partial charge in [0.2, 0.25) is 0 Å². The van der Waals surface area contributed by atoms with E-state index in [1.165, 1.54) is 44.2 Å². The lowest BCUT2D eigenvalue weighted by Gasteiger charge is -2.56. The summed E-state index contributed by atoms with van der Waals surface area (Å²) in [6.45, 7) is 1.36. The van der Waals surface area contributed by atoms with Crippen LogP contribution in [0.15, 0.2) is 18.2 Å². The molecule has 1 heterocycles. The monoisotopic (exact) mass is 257 g/mol. The van der Waals surface area contributed by atoms with Crippen molar-refractivity contribution < 1.29 is 5.11 Å². The molecule has 2 aliphatic carbocycles. The molecule has 1 aliphatic heterocycles. The molecule has 2 fully saturated rings. The Kier molecular flexibility index (Phi) is 2.71. The number of rotatable bonds is 1. The Bertz CT molecular complexity index is 494. The summed E-state index contributed by atoms with van der Waals surface area (Å²) < 4.78 is 0. The summed E-state index contributed by atoms with van der Waals surface area (Å²) in [5, 5.41) is 13.4. The molecule has 0 unspecified atom stereocenters. The molecule has 2 heteroatoms. The van der Waals surface area contributed by atoms with Crippen LogP contribution in [0.25, 0.3) is 0 Å². The van der Waals surface area contributed by atoms with Gasteiger partial charge in [-0.05, 0) is 54.8 Å². The van der Waals surface area contributed by atoms with Gasteiger partial charge in [0.05, 0.1) is 6.61 Å². The van der Waals surface area contributed by atoms with Gasteiger partial charge in [0.15, 0.2) is 0 Å². The van der Waals surface area contributed by atoms with Gasteiger partial charge in [-0.1, -0.05) is 31.0 Å². The van der Waals surface area contributed by atoms with E-state index in [4.69, 9.17) is 0 Å². The quantitative estimate of drug-likeness (QED) is 0.810. The summed E-state index contributed by atoms with van der Waals surface area (Å²) in [5.41, 5.74) is 4.63. The second-order valence-electron chi connectivity index (χ2n) is 6.62. The van der Waals surface area contributed by atoms with Crippen LogP contribution >= 0.6 is 0 Å². The van der Waals surface area contributed by atoms with Crippen LogP contribution < -0.4 is 5.32 Å². The highest BCUT2D eigenvalue weighted by Gasteiger charge is 2.51. The third-order valence-corrected chi connectivity index (χ3v) is 5.96. The van der Waals surface area contributed by atoms with E-state index >= 15 is 0 Å². The minimum Gasteiger partial charge on any atom is -0.392 e. The molecule has 3 atom stereocenters. The molecular weight excluding hydrogens is 234 g/mol. The van der Waals surface area contributed by atoms with E-state index in [-0.39, 0.29) is 6.61 Å². The fourth-order valence-corrected chi connectivity index (χ4v) is 5.18. The number of nitrogens with one attached hydrogen (secondary N) is 1. The molecule has 102 valence electrons. The van der Waals surface area contributed by atoms with Crippen molar-refractivity contribution >= 4 is 0 Å². The first-order chi connectivity index (χ1) is 9.35. The largest absolute Gasteiger partial charge is 0.392 e. The van der Waals surface area contributed by atoms with E-state index in [2.05, 4.69) is 23.5 Å². The van der Waals surface area contributed by atoms with Crippen LogP contribution in [0.5, 0.6) is 0 Å². The first-order valence-electron chi connectivity index (χ1n) is 7.81. The summed E-state index contributed by atoms with van der Waals surface area (Å²) in [7, 11) is 0. The van der Waals surface area contributed by atoms with Crippen LogP contribution in [0.3, 0.4) is 0 Å². The van der Waals surface area contributed by atoms with Crippen molar-refractivity contribution in [3.8, 4) is 0 Å². The van der Waals surface area contributed by atoms with Crippen molar-refractivity contribution in [2.24, 2.45) is 5.92 Å². The average molecular weight is 257 g/mol. The van der Waals surface area contributed by atoms with Gasteiger partial charge in [-0.2, -0.15) is 0 Å². The number of benzene rings is 1. The zero-order valence-electron chi connectivity index (χ0n) is 11.5. The first-order valence-corrected chi connectivity index (χ1v) is 7.81. The van der Waals surface area contributed by atoms with Gasteiger partial charge in [-0.15, -0.1) is 0 Å². The highest BCUT2D eigenvalue weighted by molar-refractivity contribution is 5.45. The van der Waals surface area contributed by atoms with Crippen molar-refractivity contribution in [3.63, 3.8) is 0 Å². The standard InChI is InChI=1S/C17H23NO/c19-11-12-4-3-6-14-13(12)10-16-15-5-1-2-7-17(14,15)8-9-18-16/h3-4,6,15-16,18-19H,1-2,5,7-11H2/t15-,16+,17-/m0/s1. The minimum atomic E-state index is 0.191. The van der Waals surface area contributed by atoms with E-state index in [0.29, 0.717) is 11.5 Å². The van der Waals surface area contributed by atoms with Gasteiger partial charge < -0.3 is 10.4 Å². The molecule has 1 aromatic rings. The highest BCUT2D eigenvalue weighted by Crippen LogP contribution is 2.54. The zero-order valence-corrected chi connectivity index (χ0v) is 11.5. The lowest BCUT2D eigenvalue weighted by Crippen LogP contribution is -2.59. The summed E-state index contributed by atoms with van der Waals surface area (Å²) in [6.07, 6.45) is 7.94. The molecule has 2 bridgehead atoms. The average Bonchev–Trinajstić information content (AvgIpc) is 2.46. The third-order valence-electron chi connectivity index (χ3n) is 5.96. The molecule has 3 aliphatic rings. The fraction of sp³-hybridized carbons (Fsp3) is 0.647. The van der Waals surface area contributed by atoms with Gasteiger partial charge in [0, 0.05) is 11.5 Å². The maximum atomic E-state index is 9.63. The number of hydrogen-bond acceptors (Lipinski definition) is 2. The summed E-state index contributed by atoms with van der Waals surface area (Å²) in [4.78, 5) is 0. The van der Waals surface area contributed by atoms with E-state index in [1.807, 2.05) is 0 Å². The molecule has 0 radical (unpaired) electrons. The Morgan fingerprint density at radius 1 is 1.26 bits per heavy atom. The second kappa shape index (κ2) is 4.32. The number of fused-ring (bicyclic) bond motifs is 1. The topological polar surface area (TPSA) is 32.3 Å². The Hall–Kier alpha value is -0.860. The van der Waals surface area contributed by atoms with E-state index in [9.17, 15) is 5.11 Å². The van der Waals surface area contributed by atoms with Gasteiger partial charge in [0.25, 0.3) is 0 Å². The molecule has 1 aromatic carbocycles. The Morgan fingerprint density at radius 2 is 2.21 bits per heavy atom. The lowest BCUT2D eigenvalue weighted by atomic mass is 9.52. The maximum Gasteiger partial charge on any atom is 0.0684 e. The predicted octanol–water partition coefficient (Wildman–Crippen LogP) is 2.52. The zero-order chi connectivity index (χ0) is 12.9. The van der Waals surface area contributed by atoms with Crippen LogP contribution in [0.2, 0.25) is 0 Å². The van der Waals surface area contributed by atoms with Gasteiger partial charge in [-0.3, -0.25) is 0 Å². The van der Waals surface area contributed by atoms with Crippen LogP contribution in [-0.4, -0.2) is 17.7 Å². The number of piperidine rings is 1. The Balaban J connectivity index is 1.91. The molecule has 4 rings (SSSR count). The normalized spacial score (nSPS) is 36.5. The summed E-state index contributed by atoms with van der Waals surface area (Å²) >= 11 is 0. The molecule has 1 saturated heterocycles. The van der Waals surface area contributed by atoms with E-state index in [1.54, 1.807) is 5.56 Å². The predicted molar refractivity (Wildman–Crippen MR) is 76.1 cm³/mol. The summed E-state index contributed by atoms with van der Waals surface area (Å²) in [5.74, 6) is 0.830. The highest BCUT2D eigenvalue weighted by atomic mass is 16.3. The Morgan fingerprint density at radius 3 is 3.11 bits per heavy atom. The number of aliphatic hydroxyl groups excluding tert-OH is 1. The van der Waals surface area contributed by atoms with Crippen LogP contribution in [0.4, 0.5) is 0 Å². The van der Waals surface area contributed by atoms with Crippen LogP contribution in [-0.2, 0) is 18.4 Å². The molecule has 2 nitrogen and oxygen atoms in total. The molecule has 0 amide bonds. The minimum absolute atomic E-state index is 0.191. The Labute approximate surface area is 115 Å². The second-order valence-corrected chi connectivity index (χ2v) is 6.62. The SMILES string of the molecule is OCc1cccc2c1C[C@H]1NCC[C@@]23CCCC[C@@H]13. The molecule has 0 spiro atoms. The molecule has 1 saturated carbocycles. The molecular formula is C17H23NO. The molecule has 0 aromatic heterocycles. The maximum absolute atomic E-state index is 9.63. The molecule has 19 heavy (non-hydrogen) atoms. The number of hydrogen-bond donors (Lipinski definition) is 2. The van der Waals surface area contributed by atoms with Crippen molar-refractivity contribution in [1.29, 1.82) is 0 Å². The number of aliphatic hydroxyl groups is 1. The smallest absolute Gasteiger partial charge is 0.0684 e. The lowest BCUT2D eigenvalue weighted by molar-refractivity contribution is 0.0790. The van der Waals surface area contributed by atoms with Crippen molar-refractivity contribution in [1.82, 2.24) is 5.32 Å². The van der Waals surface area contributed by atoms with Gasteiger partial charge in [-0.25, -0.2) is 0 Å². The third kappa shape index (κ3) is 1.56. The van der Waals surface area contributed by atoms with Crippen molar-refractivity contribution in [2.45, 2.75) is 56.6 Å². The van der Waals surface area contributed by atoms with Crippen LogP contribution in [0.1, 0.15) is 48.8 Å². The fourth-order valence-electron chi connectivity index (χ4n) is 5.18. The summed E-state index contributed by atoms with van der Waals surface area (Å²) in [6, 6.07) is 7.27.